The van der Waals surface area contributed by atoms with E-state index in [1.54, 1.807) is 4.90 Å². The number of nitrogens with one attached hydrogen (secondary N) is 1. The van der Waals surface area contributed by atoms with Crippen LogP contribution in [-0.2, 0) is 4.79 Å². The van der Waals surface area contributed by atoms with Gasteiger partial charge in [0.2, 0.25) is 5.91 Å². The molecule has 0 aromatic heterocycles. The van der Waals surface area contributed by atoms with Crippen LogP contribution < -0.4 is 5.73 Å². The number of likely N-dealkylation sites (tertiary alicyclic amines) is 2. The van der Waals surface area contributed by atoms with Crippen LogP contribution >= 0.6 is 0 Å². The van der Waals surface area contributed by atoms with Crippen LogP contribution in [0.15, 0.2) is 0 Å². The van der Waals surface area contributed by atoms with Crippen LogP contribution in [-0.4, -0.2) is 47.8 Å². The molecule has 2 heterocycles. The van der Waals surface area contributed by atoms with Crippen molar-refractivity contribution >= 4 is 11.9 Å². The van der Waals surface area contributed by atoms with Crippen molar-refractivity contribution in [3.05, 3.63) is 0 Å². The maximum atomic E-state index is 10.9. The van der Waals surface area contributed by atoms with Crippen LogP contribution in [0.1, 0.15) is 26.7 Å². The summed E-state index contributed by atoms with van der Waals surface area (Å²) >= 11 is 0. The van der Waals surface area contributed by atoms with E-state index in [4.69, 9.17) is 11.1 Å². The molecule has 0 spiro atoms. The van der Waals surface area contributed by atoms with E-state index in [2.05, 4.69) is 13.8 Å². The van der Waals surface area contributed by atoms with Gasteiger partial charge in [-0.1, -0.05) is 6.92 Å². The van der Waals surface area contributed by atoms with E-state index >= 15 is 0 Å². The molecule has 0 aliphatic carbocycles. The van der Waals surface area contributed by atoms with Crippen LogP contribution in [0.2, 0.25) is 0 Å². The van der Waals surface area contributed by atoms with Gasteiger partial charge in [0.1, 0.15) is 0 Å². The number of amides is 1. The van der Waals surface area contributed by atoms with Crippen LogP contribution in [0.4, 0.5) is 0 Å². The molecule has 0 radical (unpaired) electrons. The van der Waals surface area contributed by atoms with Gasteiger partial charge in [0.15, 0.2) is 5.96 Å². The molecule has 2 fully saturated rings. The summed E-state index contributed by atoms with van der Waals surface area (Å²) in [5.41, 5.74) is 5.11. The molecule has 2 aliphatic heterocycles. The standard InChI is InChI=1S/C7H13NO.C4H9N3/c1-4-6-5(2)8(3)7(6)9;5-4(6)7-2-1-3-7/h5-6H,4H2,1-3H3;1-3H2,(H3,5,6). The van der Waals surface area contributed by atoms with Gasteiger partial charge in [0.25, 0.3) is 0 Å². The monoisotopic (exact) mass is 226 g/mol. The van der Waals surface area contributed by atoms with Gasteiger partial charge in [-0.05, 0) is 19.8 Å². The van der Waals surface area contributed by atoms with E-state index in [1.807, 2.05) is 11.9 Å². The number of hydrogen-bond acceptors (Lipinski definition) is 2. The molecule has 2 atom stereocenters. The number of nitrogens with two attached hydrogens (primary N) is 1. The number of guanidine groups is 1. The Morgan fingerprint density at radius 2 is 2.12 bits per heavy atom. The molecule has 16 heavy (non-hydrogen) atoms. The van der Waals surface area contributed by atoms with Crippen molar-refractivity contribution < 1.29 is 4.79 Å². The highest BCUT2D eigenvalue weighted by molar-refractivity contribution is 5.85. The SMILES string of the molecule is CCC1C(=O)N(C)C1C.N=C(N)N1CCC1. The minimum absolute atomic E-state index is 0.214. The predicted octanol–water partition coefficient (Wildman–Crippen LogP) is 0.459. The van der Waals surface area contributed by atoms with Crippen molar-refractivity contribution in [3.8, 4) is 0 Å². The Kier molecular flexibility index (Phi) is 4.15. The first-order valence-corrected chi connectivity index (χ1v) is 5.84. The fourth-order valence-corrected chi connectivity index (χ4v) is 1.93. The lowest BCUT2D eigenvalue weighted by molar-refractivity contribution is -0.152. The lowest BCUT2D eigenvalue weighted by Gasteiger charge is -2.42. The molecule has 92 valence electrons. The molecule has 0 aromatic carbocycles. The average Bonchev–Trinajstić information content (AvgIpc) is 2.15. The molecular weight excluding hydrogens is 204 g/mol. The van der Waals surface area contributed by atoms with Gasteiger partial charge in [-0.25, -0.2) is 0 Å². The smallest absolute Gasteiger partial charge is 0.227 e. The second-order valence-corrected chi connectivity index (χ2v) is 4.43. The number of hydrogen-bond donors (Lipinski definition) is 2. The molecule has 2 unspecified atom stereocenters. The molecule has 2 rings (SSSR count). The lowest BCUT2D eigenvalue weighted by atomic mass is 9.87. The number of carbonyl (C=O) groups is 1. The topological polar surface area (TPSA) is 73.4 Å². The second kappa shape index (κ2) is 5.18. The Hall–Kier alpha value is -1.26. The summed E-state index contributed by atoms with van der Waals surface area (Å²) in [7, 11) is 1.86. The third-order valence-corrected chi connectivity index (χ3v) is 3.49. The van der Waals surface area contributed by atoms with Crippen molar-refractivity contribution in [2.45, 2.75) is 32.7 Å². The third-order valence-electron chi connectivity index (χ3n) is 3.49. The summed E-state index contributed by atoms with van der Waals surface area (Å²) in [6.45, 7) is 6.12. The quantitative estimate of drug-likeness (QED) is 0.387. The first-order chi connectivity index (χ1) is 7.49. The average molecular weight is 226 g/mol. The summed E-state index contributed by atoms with van der Waals surface area (Å²) in [5.74, 6) is 0.839. The molecule has 5 heteroatoms. The van der Waals surface area contributed by atoms with E-state index < -0.39 is 0 Å². The van der Waals surface area contributed by atoms with Gasteiger partial charge >= 0.3 is 0 Å². The van der Waals surface area contributed by atoms with Crippen LogP contribution in [0.25, 0.3) is 0 Å². The third kappa shape index (κ3) is 2.46. The number of rotatable bonds is 1. The summed E-state index contributed by atoms with van der Waals surface area (Å²) < 4.78 is 0. The number of carbonyl (C=O) groups excluding carboxylic acids is 1. The maximum absolute atomic E-state index is 10.9. The van der Waals surface area contributed by atoms with Crippen LogP contribution in [0, 0.1) is 11.3 Å². The molecule has 0 bridgehead atoms. The zero-order valence-electron chi connectivity index (χ0n) is 10.4. The fraction of sp³-hybridized carbons (Fsp3) is 0.818. The zero-order chi connectivity index (χ0) is 12.3. The highest BCUT2D eigenvalue weighted by Crippen LogP contribution is 2.26. The maximum Gasteiger partial charge on any atom is 0.227 e. The van der Waals surface area contributed by atoms with Crippen molar-refractivity contribution in [3.63, 3.8) is 0 Å². The van der Waals surface area contributed by atoms with Crippen LogP contribution in [0.3, 0.4) is 0 Å². The van der Waals surface area contributed by atoms with Gasteiger partial charge in [-0.2, -0.15) is 0 Å². The van der Waals surface area contributed by atoms with Gasteiger partial charge < -0.3 is 15.5 Å². The van der Waals surface area contributed by atoms with Crippen molar-refractivity contribution in [2.75, 3.05) is 20.1 Å². The number of β-lactam (4-membered cyclic amide) rings is 1. The Balaban J connectivity index is 0.000000165. The Morgan fingerprint density at radius 1 is 1.56 bits per heavy atom. The molecule has 0 aromatic rings. The van der Waals surface area contributed by atoms with Crippen molar-refractivity contribution in [1.29, 1.82) is 5.41 Å². The molecule has 0 saturated carbocycles. The minimum Gasteiger partial charge on any atom is -0.370 e. The van der Waals surface area contributed by atoms with Gasteiger partial charge in [0.05, 0.1) is 5.92 Å². The van der Waals surface area contributed by atoms with E-state index in [0.29, 0.717) is 17.9 Å². The molecule has 3 N–H and O–H groups in total. The van der Waals surface area contributed by atoms with E-state index in [-0.39, 0.29) is 5.96 Å². The molecule has 2 aliphatic rings. The van der Waals surface area contributed by atoms with E-state index in [0.717, 1.165) is 19.5 Å². The first-order valence-electron chi connectivity index (χ1n) is 5.84. The number of nitrogens with zero attached hydrogens (tertiary/aromatic N) is 2. The highest BCUT2D eigenvalue weighted by Gasteiger charge is 2.39. The summed E-state index contributed by atoms with van der Waals surface area (Å²) in [6.07, 6.45) is 2.18. The summed E-state index contributed by atoms with van der Waals surface area (Å²) in [5, 5.41) is 6.86. The molecule has 5 nitrogen and oxygen atoms in total. The van der Waals surface area contributed by atoms with Gasteiger partial charge in [-0.15, -0.1) is 0 Å². The van der Waals surface area contributed by atoms with Crippen LogP contribution in [0.5, 0.6) is 0 Å². The summed E-state index contributed by atoms with van der Waals surface area (Å²) in [4.78, 5) is 14.6. The Morgan fingerprint density at radius 3 is 2.25 bits per heavy atom. The molecule has 1 amide bonds. The summed E-state index contributed by atoms with van der Waals surface area (Å²) in [6, 6.07) is 0.475. The minimum atomic E-state index is 0.214. The van der Waals surface area contributed by atoms with E-state index in [9.17, 15) is 4.79 Å². The Bertz CT molecular complexity index is 275. The molecular formula is C11H22N4O. The normalized spacial score (nSPS) is 27.6. The first kappa shape index (κ1) is 12.8. The fourth-order valence-electron chi connectivity index (χ4n) is 1.93. The van der Waals surface area contributed by atoms with Gasteiger partial charge in [0, 0.05) is 26.2 Å². The lowest BCUT2D eigenvalue weighted by Crippen LogP contribution is -2.56. The second-order valence-electron chi connectivity index (χ2n) is 4.43. The Labute approximate surface area is 97.1 Å². The van der Waals surface area contributed by atoms with E-state index in [1.165, 1.54) is 6.42 Å². The predicted molar refractivity (Wildman–Crippen MR) is 64.1 cm³/mol. The van der Waals surface area contributed by atoms with Crippen molar-refractivity contribution in [2.24, 2.45) is 11.7 Å². The van der Waals surface area contributed by atoms with Crippen molar-refractivity contribution in [1.82, 2.24) is 9.80 Å². The molecule has 2 saturated heterocycles. The highest BCUT2D eigenvalue weighted by atomic mass is 16.2. The zero-order valence-corrected chi connectivity index (χ0v) is 10.4. The largest absolute Gasteiger partial charge is 0.370 e. The van der Waals surface area contributed by atoms with Gasteiger partial charge in [-0.3, -0.25) is 10.2 Å².